The molecule has 0 bridgehead atoms. The summed E-state index contributed by atoms with van der Waals surface area (Å²) in [5.74, 6) is -0.713. The number of carboxylic acids is 1. The SMILES string of the molecule is CC(C)c1cc(F)cn2c3c(cc12)C(CC(=O)O)CCC3. The average molecular weight is 289 g/mol. The van der Waals surface area contributed by atoms with Crippen molar-refractivity contribution in [2.75, 3.05) is 0 Å². The molecule has 4 heteroatoms. The van der Waals surface area contributed by atoms with Gasteiger partial charge >= 0.3 is 5.97 Å². The Labute approximate surface area is 123 Å². The van der Waals surface area contributed by atoms with E-state index in [9.17, 15) is 9.18 Å². The van der Waals surface area contributed by atoms with E-state index in [2.05, 4.69) is 19.9 Å². The Kier molecular flexibility index (Phi) is 3.47. The van der Waals surface area contributed by atoms with Crippen molar-refractivity contribution < 1.29 is 14.3 Å². The first kappa shape index (κ1) is 14.1. The van der Waals surface area contributed by atoms with Crippen molar-refractivity contribution in [1.29, 1.82) is 0 Å². The quantitative estimate of drug-likeness (QED) is 0.924. The molecule has 21 heavy (non-hydrogen) atoms. The fraction of sp³-hybridized carbons (Fsp3) is 0.471. The third-order valence-corrected chi connectivity index (χ3v) is 4.47. The molecule has 0 radical (unpaired) electrons. The molecule has 2 aromatic heterocycles. The minimum absolute atomic E-state index is 0.0502. The van der Waals surface area contributed by atoms with Gasteiger partial charge in [-0.25, -0.2) is 4.39 Å². The summed E-state index contributed by atoms with van der Waals surface area (Å²) in [4.78, 5) is 11.1. The van der Waals surface area contributed by atoms with Crippen LogP contribution >= 0.6 is 0 Å². The van der Waals surface area contributed by atoms with E-state index in [0.29, 0.717) is 0 Å². The second kappa shape index (κ2) is 5.17. The van der Waals surface area contributed by atoms with E-state index in [1.807, 2.05) is 4.40 Å². The first-order valence-corrected chi connectivity index (χ1v) is 7.52. The van der Waals surface area contributed by atoms with Crippen molar-refractivity contribution in [3.05, 3.63) is 41.0 Å². The van der Waals surface area contributed by atoms with Gasteiger partial charge in [-0.1, -0.05) is 13.8 Å². The summed E-state index contributed by atoms with van der Waals surface area (Å²) < 4.78 is 15.8. The third-order valence-electron chi connectivity index (χ3n) is 4.47. The lowest BCUT2D eigenvalue weighted by atomic mass is 9.84. The number of aromatic nitrogens is 1. The number of halogens is 1. The fourth-order valence-corrected chi connectivity index (χ4v) is 3.51. The summed E-state index contributed by atoms with van der Waals surface area (Å²) in [6.45, 7) is 4.10. The Bertz CT molecular complexity index is 702. The zero-order chi connectivity index (χ0) is 15.1. The van der Waals surface area contributed by atoms with Gasteiger partial charge in [0, 0.05) is 17.4 Å². The van der Waals surface area contributed by atoms with Crippen molar-refractivity contribution in [3.63, 3.8) is 0 Å². The lowest BCUT2D eigenvalue weighted by molar-refractivity contribution is -0.137. The molecule has 2 aromatic rings. The van der Waals surface area contributed by atoms with Crippen LogP contribution in [0.15, 0.2) is 18.3 Å². The fourth-order valence-electron chi connectivity index (χ4n) is 3.51. The molecular formula is C17H20FNO2. The molecule has 0 spiro atoms. The number of aryl methyl sites for hydroxylation is 1. The van der Waals surface area contributed by atoms with Crippen LogP contribution in [-0.2, 0) is 11.2 Å². The normalized spacial score (nSPS) is 18.2. The van der Waals surface area contributed by atoms with Crippen LogP contribution in [-0.4, -0.2) is 15.5 Å². The Morgan fingerprint density at radius 3 is 2.90 bits per heavy atom. The first-order valence-electron chi connectivity index (χ1n) is 7.52. The highest BCUT2D eigenvalue weighted by Crippen LogP contribution is 2.38. The maximum atomic E-state index is 13.9. The summed E-state index contributed by atoms with van der Waals surface area (Å²) in [6.07, 6.45) is 4.44. The zero-order valence-electron chi connectivity index (χ0n) is 12.4. The number of carbonyl (C=O) groups is 1. The smallest absolute Gasteiger partial charge is 0.303 e. The summed E-state index contributed by atoms with van der Waals surface area (Å²) in [6, 6.07) is 3.68. The first-order chi connectivity index (χ1) is 9.97. The number of fused-ring (bicyclic) bond motifs is 3. The molecule has 0 amide bonds. The minimum Gasteiger partial charge on any atom is -0.481 e. The van der Waals surface area contributed by atoms with Crippen LogP contribution < -0.4 is 0 Å². The molecule has 0 aliphatic heterocycles. The summed E-state index contributed by atoms with van der Waals surface area (Å²) in [5, 5.41) is 9.09. The topological polar surface area (TPSA) is 41.7 Å². The van der Waals surface area contributed by atoms with Crippen LogP contribution in [0.2, 0.25) is 0 Å². The van der Waals surface area contributed by atoms with Gasteiger partial charge in [0.05, 0.1) is 6.42 Å². The molecule has 0 fully saturated rings. The molecule has 3 nitrogen and oxygen atoms in total. The van der Waals surface area contributed by atoms with Crippen molar-refractivity contribution in [1.82, 2.24) is 4.40 Å². The average Bonchev–Trinajstić information content (AvgIpc) is 2.77. The lowest BCUT2D eigenvalue weighted by Crippen LogP contribution is -2.13. The number of pyridine rings is 1. The van der Waals surface area contributed by atoms with Gasteiger partial charge in [-0.2, -0.15) is 0 Å². The molecule has 1 unspecified atom stereocenters. The summed E-state index contributed by atoms with van der Waals surface area (Å²) in [5.41, 5.74) is 4.19. The van der Waals surface area contributed by atoms with Gasteiger partial charge in [0.25, 0.3) is 0 Å². The minimum atomic E-state index is -0.765. The molecule has 1 atom stereocenters. The lowest BCUT2D eigenvalue weighted by Gasteiger charge is -2.21. The van der Waals surface area contributed by atoms with Crippen LogP contribution in [0.3, 0.4) is 0 Å². The predicted octanol–water partition coefficient (Wildman–Crippen LogP) is 4.10. The Hall–Kier alpha value is -1.84. The van der Waals surface area contributed by atoms with Crippen LogP contribution in [0.25, 0.3) is 5.52 Å². The van der Waals surface area contributed by atoms with Gasteiger partial charge in [-0.3, -0.25) is 4.79 Å². The molecule has 0 saturated carbocycles. The van der Waals surface area contributed by atoms with Crippen molar-refractivity contribution in [3.8, 4) is 0 Å². The van der Waals surface area contributed by atoms with Gasteiger partial charge in [0.1, 0.15) is 5.82 Å². The molecule has 0 saturated heterocycles. The number of hydrogen-bond donors (Lipinski definition) is 1. The van der Waals surface area contributed by atoms with Crippen LogP contribution in [0.4, 0.5) is 4.39 Å². The van der Waals surface area contributed by atoms with Crippen molar-refractivity contribution >= 4 is 11.5 Å². The molecule has 112 valence electrons. The third kappa shape index (κ3) is 2.43. The molecule has 1 aliphatic rings. The highest BCUT2D eigenvalue weighted by Gasteiger charge is 2.26. The second-order valence-corrected chi connectivity index (χ2v) is 6.26. The van der Waals surface area contributed by atoms with Crippen LogP contribution in [0.5, 0.6) is 0 Å². The van der Waals surface area contributed by atoms with Gasteiger partial charge in [-0.15, -0.1) is 0 Å². The van der Waals surface area contributed by atoms with Crippen molar-refractivity contribution in [2.45, 2.75) is 51.4 Å². The van der Waals surface area contributed by atoms with E-state index in [1.165, 1.54) is 6.20 Å². The summed E-state index contributed by atoms with van der Waals surface area (Å²) in [7, 11) is 0. The predicted molar refractivity (Wildman–Crippen MR) is 79.4 cm³/mol. The standard InChI is InChI=1S/C17H20FNO2/c1-10(2)13-7-12(18)9-19-15-5-3-4-11(6-17(20)21)14(15)8-16(13)19/h7-11H,3-6H2,1-2H3,(H,20,21). The number of nitrogens with zero attached hydrogens (tertiary/aromatic N) is 1. The molecular weight excluding hydrogens is 269 g/mol. The zero-order valence-corrected chi connectivity index (χ0v) is 12.4. The van der Waals surface area contributed by atoms with Gasteiger partial charge < -0.3 is 9.51 Å². The number of hydrogen-bond acceptors (Lipinski definition) is 1. The molecule has 1 aliphatic carbocycles. The van der Waals surface area contributed by atoms with Gasteiger partial charge in [0.2, 0.25) is 0 Å². The van der Waals surface area contributed by atoms with E-state index < -0.39 is 5.97 Å². The highest BCUT2D eigenvalue weighted by atomic mass is 19.1. The number of rotatable bonds is 3. The van der Waals surface area contributed by atoms with Gasteiger partial charge in [0.15, 0.2) is 0 Å². The van der Waals surface area contributed by atoms with Gasteiger partial charge in [-0.05, 0) is 54.4 Å². The maximum absolute atomic E-state index is 13.9. The second-order valence-electron chi connectivity index (χ2n) is 6.26. The Morgan fingerprint density at radius 1 is 1.48 bits per heavy atom. The molecule has 2 heterocycles. The van der Waals surface area contributed by atoms with Crippen molar-refractivity contribution in [2.24, 2.45) is 0 Å². The Balaban J connectivity index is 2.20. The van der Waals surface area contributed by atoms with E-state index in [0.717, 1.165) is 41.6 Å². The largest absolute Gasteiger partial charge is 0.481 e. The maximum Gasteiger partial charge on any atom is 0.303 e. The molecule has 1 N–H and O–H groups in total. The molecule has 0 aromatic carbocycles. The van der Waals surface area contributed by atoms with E-state index in [4.69, 9.17) is 5.11 Å². The number of aliphatic carboxylic acids is 1. The highest BCUT2D eigenvalue weighted by molar-refractivity contribution is 5.69. The Morgan fingerprint density at radius 2 is 2.24 bits per heavy atom. The number of carboxylic acid groups (broad SMARTS) is 1. The van der Waals surface area contributed by atoms with E-state index >= 15 is 0 Å². The van der Waals surface area contributed by atoms with E-state index in [1.54, 1.807) is 6.07 Å². The molecule has 3 rings (SSSR count). The van der Waals surface area contributed by atoms with E-state index in [-0.39, 0.29) is 24.1 Å². The van der Waals surface area contributed by atoms with Crippen LogP contribution in [0, 0.1) is 5.82 Å². The van der Waals surface area contributed by atoms with Crippen LogP contribution in [0.1, 0.15) is 61.8 Å². The summed E-state index contributed by atoms with van der Waals surface area (Å²) >= 11 is 0. The monoisotopic (exact) mass is 289 g/mol.